The molecule has 0 fully saturated rings. The van der Waals surface area contributed by atoms with Crippen LogP contribution in [0.1, 0.15) is 38.2 Å². The van der Waals surface area contributed by atoms with Gasteiger partial charge in [0.15, 0.2) is 0 Å². The Balaban J connectivity index is 2.81. The Morgan fingerprint density at radius 3 is 2.71 bits per heavy atom. The number of hydrazine groups is 1. The minimum absolute atomic E-state index is 0.711. The summed E-state index contributed by atoms with van der Waals surface area (Å²) in [6.45, 7) is 4.23. The lowest BCUT2D eigenvalue weighted by atomic mass is 10.2. The van der Waals surface area contributed by atoms with Crippen LogP contribution >= 0.6 is 0 Å². The van der Waals surface area contributed by atoms with Gasteiger partial charge in [-0.05, 0) is 12.8 Å². The molecule has 0 unspecified atom stereocenters. The standard InChI is InChI=1S/C10H18N4/c1-3-5-6-9-12-8(4-2)7-10(13-9)14-11/h7H,3-6,11H2,1-2H3,(H,12,13,14). The van der Waals surface area contributed by atoms with Crippen molar-refractivity contribution in [3.63, 3.8) is 0 Å². The predicted octanol–water partition coefficient (Wildman–Crippen LogP) is 1.67. The first-order valence-corrected chi connectivity index (χ1v) is 5.13. The van der Waals surface area contributed by atoms with Gasteiger partial charge in [0.2, 0.25) is 0 Å². The lowest BCUT2D eigenvalue weighted by molar-refractivity contribution is 0.744. The van der Waals surface area contributed by atoms with Gasteiger partial charge in [0.1, 0.15) is 11.6 Å². The van der Waals surface area contributed by atoms with E-state index < -0.39 is 0 Å². The maximum atomic E-state index is 5.33. The zero-order valence-electron chi connectivity index (χ0n) is 8.88. The Hall–Kier alpha value is -1.16. The molecule has 0 aromatic carbocycles. The number of aromatic nitrogens is 2. The van der Waals surface area contributed by atoms with Gasteiger partial charge >= 0.3 is 0 Å². The van der Waals surface area contributed by atoms with Gasteiger partial charge in [-0.2, -0.15) is 0 Å². The van der Waals surface area contributed by atoms with Gasteiger partial charge in [0, 0.05) is 18.2 Å². The Bertz CT molecular complexity index is 263. The van der Waals surface area contributed by atoms with Crippen molar-refractivity contribution >= 4 is 5.82 Å². The fourth-order valence-electron chi connectivity index (χ4n) is 1.25. The van der Waals surface area contributed by atoms with Crippen LogP contribution in [-0.2, 0) is 12.8 Å². The molecule has 0 saturated heterocycles. The summed E-state index contributed by atoms with van der Waals surface area (Å²) in [7, 11) is 0. The third-order valence-electron chi connectivity index (χ3n) is 2.09. The van der Waals surface area contributed by atoms with Crippen LogP contribution in [0.4, 0.5) is 5.82 Å². The van der Waals surface area contributed by atoms with Gasteiger partial charge in [-0.1, -0.05) is 20.3 Å². The molecule has 14 heavy (non-hydrogen) atoms. The predicted molar refractivity (Wildman–Crippen MR) is 57.8 cm³/mol. The lowest BCUT2D eigenvalue weighted by Gasteiger charge is -2.05. The van der Waals surface area contributed by atoms with Crippen LogP contribution in [0.25, 0.3) is 0 Å². The van der Waals surface area contributed by atoms with E-state index in [0.29, 0.717) is 5.82 Å². The van der Waals surface area contributed by atoms with Crippen LogP contribution in [0.15, 0.2) is 6.07 Å². The largest absolute Gasteiger partial charge is 0.308 e. The average Bonchev–Trinajstić information content (AvgIpc) is 2.25. The first-order valence-electron chi connectivity index (χ1n) is 5.13. The van der Waals surface area contributed by atoms with E-state index in [9.17, 15) is 0 Å². The Kier molecular flexibility index (Phi) is 4.32. The summed E-state index contributed by atoms with van der Waals surface area (Å²) in [6.07, 6.45) is 4.12. The van der Waals surface area contributed by atoms with Crippen molar-refractivity contribution in [1.29, 1.82) is 0 Å². The van der Waals surface area contributed by atoms with Crippen LogP contribution in [0.3, 0.4) is 0 Å². The second-order valence-electron chi connectivity index (χ2n) is 3.26. The third-order valence-corrected chi connectivity index (χ3v) is 2.09. The molecule has 0 saturated carbocycles. The summed E-state index contributed by atoms with van der Waals surface area (Å²) in [5.74, 6) is 6.93. The summed E-state index contributed by atoms with van der Waals surface area (Å²) < 4.78 is 0. The molecule has 78 valence electrons. The van der Waals surface area contributed by atoms with Gasteiger partial charge in [0.05, 0.1) is 0 Å². The van der Waals surface area contributed by atoms with Crippen LogP contribution in [0.2, 0.25) is 0 Å². The Morgan fingerprint density at radius 1 is 1.36 bits per heavy atom. The maximum Gasteiger partial charge on any atom is 0.143 e. The minimum Gasteiger partial charge on any atom is -0.308 e. The molecule has 1 aromatic heterocycles. The number of anilines is 1. The number of aryl methyl sites for hydroxylation is 2. The zero-order chi connectivity index (χ0) is 10.4. The van der Waals surface area contributed by atoms with Gasteiger partial charge in [-0.15, -0.1) is 0 Å². The summed E-state index contributed by atoms with van der Waals surface area (Å²) >= 11 is 0. The number of rotatable bonds is 5. The lowest BCUT2D eigenvalue weighted by Crippen LogP contribution is -2.11. The summed E-state index contributed by atoms with van der Waals surface area (Å²) in [6, 6.07) is 1.88. The molecule has 0 atom stereocenters. The highest BCUT2D eigenvalue weighted by molar-refractivity contribution is 5.34. The fourth-order valence-corrected chi connectivity index (χ4v) is 1.25. The van der Waals surface area contributed by atoms with Crippen molar-refractivity contribution in [2.75, 3.05) is 5.43 Å². The summed E-state index contributed by atoms with van der Waals surface area (Å²) in [5, 5.41) is 0. The van der Waals surface area contributed by atoms with E-state index in [2.05, 4.69) is 29.2 Å². The van der Waals surface area contributed by atoms with Gasteiger partial charge in [-0.25, -0.2) is 15.8 Å². The highest BCUT2D eigenvalue weighted by atomic mass is 15.3. The van der Waals surface area contributed by atoms with Crippen LogP contribution in [-0.4, -0.2) is 9.97 Å². The highest BCUT2D eigenvalue weighted by Gasteiger charge is 2.01. The number of nitrogens with one attached hydrogen (secondary N) is 1. The van der Waals surface area contributed by atoms with E-state index in [1.807, 2.05) is 6.07 Å². The quantitative estimate of drug-likeness (QED) is 0.553. The molecular formula is C10H18N4. The molecule has 1 heterocycles. The van der Waals surface area contributed by atoms with Gasteiger partial charge in [0.25, 0.3) is 0 Å². The second-order valence-corrected chi connectivity index (χ2v) is 3.26. The topological polar surface area (TPSA) is 63.8 Å². The van der Waals surface area contributed by atoms with E-state index in [0.717, 1.165) is 37.2 Å². The smallest absolute Gasteiger partial charge is 0.143 e. The number of nitrogens with two attached hydrogens (primary N) is 1. The van der Waals surface area contributed by atoms with E-state index in [1.54, 1.807) is 0 Å². The number of hydrogen-bond acceptors (Lipinski definition) is 4. The molecule has 1 rings (SSSR count). The van der Waals surface area contributed by atoms with Gasteiger partial charge in [-0.3, -0.25) is 0 Å². The minimum atomic E-state index is 0.711. The SMILES string of the molecule is CCCCc1nc(CC)cc(NN)n1. The molecule has 0 radical (unpaired) electrons. The molecule has 3 N–H and O–H groups in total. The molecule has 4 heteroatoms. The molecule has 0 aliphatic carbocycles. The summed E-state index contributed by atoms with van der Waals surface area (Å²) in [5.41, 5.74) is 3.61. The molecule has 0 amide bonds. The van der Waals surface area contributed by atoms with Crippen LogP contribution < -0.4 is 11.3 Å². The monoisotopic (exact) mass is 194 g/mol. The molecule has 0 aliphatic rings. The van der Waals surface area contributed by atoms with Crippen molar-refractivity contribution in [2.45, 2.75) is 39.5 Å². The molecular weight excluding hydrogens is 176 g/mol. The fraction of sp³-hybridized carbons (Fsp3) is 0.600. The highest BCUT2D eigenvalue weighted by Crippen LogP contribution is 2.08. The van der Waals surface area contributed by atoms with Crippen molar-refractivity contribution in [2.24, 2.45) is 5.84 Å². The zero-order valence-corrected chi connectivity index (χ0v) is 8.88. The van der Waals surface area contributed by atoms with Crippen molar-refractivity contribution < 1.29 is 0 Å². The molecule has 0 spiro atoms. The molecule has 1 aromatic rings. The van der Waals surface area contributed by atoms with Crippen LogP contribution in [0.5, 0.6) is 0 Å². The molecule has 0 aliphatic heterocycles. The number of unbranched alkanes of at least 4 members (excludes halogenated alkanes) is 1. The van der Waals surface area contributed by atoms with E-state index in [4.69, 9.17) is 5.84 Å². The van der Waals surface area contributed by atoms with Crippen molar-refractivity contribution in [3.05, 3.63) is 17.6 Å². The average molecular weight is 194 g/mol. The first-order chi connectivity index (χ1) is 6.80. The van der Waals surface area contributed by atoms with Crippen molar-refractivity contribution in [1.82, 2.24) is 9.97 Å². The summed E-state index contributed by atoms with van der Waals surface area (Å²) in [4.78, 5) is 8.72. The third kappa shape index (κ3) is 2.96. The normalized spacial score (nSPS) is 10.2. The number of nitrogens with zero attached hydrogens (tertiary/aromatic N) is 2. The number of nitrogen functional groups attached to an aromatic ring is 1. The van der Waals surface area contributed by atoms with E-state index >= 15 is 0 Å². The van der Waals surface area contributed by atoms with Crippen LogP contribution in [0, 0.1) is 0 Å². The van der Waals surface area contributed by atoms with E-state index in [1.165, 1.54) is 0 Å². The van der Waals surface area contributed by atoms with Crippen molar-refractivity contribution in [3.8, 4) is 0 Å². The number of hydrogen-bond donors (Lipinski definition) is 2. The second kappa shape index (κ2) is 5.54. The van der Waals surface area contributed by atoms with E-state index in [-0.39, 0.29) is 0 Å². The Morgan fingerprint density at radius 2 is 2.14 bits per heavy atom. The maximum absolute atomic E-state index is 5.33. The Labute approximate surface area is 84.9 Å². The first kappa shape index (κ1) is 10.9. The van der Waals surface area contributed by atoms with Gasteiger partial charge < -0.3 is 5.43 Å². The molecule has 0 bridgehead atoms. The molecule has 4 nitrogen and oxygen atoms in total.